The van der Waals surface area contributed by atoms with Crippen LogP contribution in [-0.4, -0.2) is 26.1 Å². The molecule has 94 valence electrons. The van der Waals surface area contributed by atoms with E-state index in [1.165, 1.54) is 0 Å². The SMILES string of the molecule is O=C(O)CCCn1nncc1-c1ccc(Cl)cc1. The van der Waals surface area contributed by atoms with E-state index in [0.717, 1.165) is 11.3 Å². The molecule has 0 aliphatic heterocycles. The van der Waals surface area contributed by atoms with Crippen LogP contribution in [0.1, 0.15) is 12.8 Å². The van der Waals surface area contributed by atoms with Gasteiger partial charge in [0.15, 0.2) is 0 Å². The molecule has 2 rings (SSSR count). The van der Waals surface area contributed by atoms with Crippen LogP contribution in [-0.2, 0) is 11.3 Å². The van der Waals surface area contributed by atoms with Crippen molar-refractivity contribution in [2.45, 2.75) is 19.4 Å². The summed E-state index contributed by atoms with van der Waals surface area (Å²) in [5.41, 5.74) is 1.82. The molecule has 18 heavy (non-hydrogen) atoms. The van der Waals surface area contributed by atoms with Gasteiger partial charge in [-0.1, -0.05) is 28.9 Å². The van der Waals surface area contributed by atoms with Crippen molar-refractivity contribution in [2.24, 2.45) is 0 Å². The van der Waals surface area contributed by atoms with Crippen LogP contribution in [0, 0.1) is 0 Å². The lowest BCUT2D eigenvalue weighted by Crippen LogP contribution is -2.05. The van der Waals surface area contributed by atoms with Gasteiger partial charge in [-0.05, 0) is 18.6 Å². The van der Waals surface area contributed by atoms with Crippen LogP contribution in [0.2, 0.25) is 5.02 Å². The van der Waals surface area contributed by atoms with E-state index < -0.39 is 5.97 Å². The molecule has 0 saturated carbocycles. The van der Waals surface area contributed by atoms with Crippen LogP contribution >= 0.6 is 11.6 Å². The number of carboxylic acids is 1. The first-order valence-corrected chi connectivity index (χ1v) is 5.91. The summed E-state index contributed by atoms with van der Waals surface area (Å²) in [6.45, 7) is 0.532. The summed E-state index contributed by atoms with van der Waals surface area (Å²) in [7, 11) is 0. The molecule has 0 atom stereocenters. The summed E-state index contributed by atoms with van der Waals surface area (Å²) in [5, 5.41) is 17.1. The molecule has 0 amide bonds. The Hall–Kier alpha value is -1.88. The third-order valence-electron chi connectivity index (χ3n) is 2.52. The highest BCUT2D eigenvalue weighted by atomic mass is 35.5. The third-order valence-corrected chi connectivity index (χ3v) is 2.77. The maximum absolute atomic E-state index is 10.5. The molecule has 2 aromatic rings. The third kappa shape index (κ3) is 3.07. The molecule has 0 aliphatic carbocycles. The minimum absolute atomic E-state index is 0.125. The van der Waals surface area contributed by atoms with Gasteiger partial charge in [-0.3, -0.25) is 4.79 Å². The fourth-order valence-electron chi connectivity index (χ4n) is 1.65. The van der Waals surface area contributed by atoms with Crippen LogP contribution < -0.4 is 0 Å². The average molecular weight is 266 g/mol. The molecule has 6 heteroatoms. The van der Waals surface area contributed by atoms with Crippen molar-refractivity contribution in [1.29, 1.82) is 0 Å². The molecular weight excluding hydrogens is 254 g/mol. The summed E-state index contributed by atoms with van der Waals surface area (Å²) in [6.07, 6.45) is 2.31. The second-order valence-electron chi connectivity index (χ2n) is 3.85. The number of benzene rings is 1. The number of nitrogens with zero attached hydrogens (tertiary/aromatic N) is 3. The Balaban J connectivity index is 2.12. The largest absolute Gasteiger partial charge is 0.481 e. The van der Waals surface area contributed by atoms with E-state index in [1.54, 1.807) is 23.0 Å². The molecule has 1 N–H and O–H groups in total. The lowest BCUT2D eigenvalue weighted by atomic mass is 10.1. The van der Waals surface area contributed by atoms with Gasteiger partial charge in [-0.25, -0.2) is 4.68 Å². The molecule has 0 aliphatic rings. The van der Waals surface area contributed by atoms with Gasteiger partial charge in [0.25, 0.3) is 0 Å². The van der Waals surface area contributed by atoms with Gasteiger partial charge in [-0.2, -0.15) is 0 Å². The van der Waals surface area contributed by atoms with E-state index in [9.17, 15) is 4.79 Å². The molecular formula is C12H12ClN3O2. The van der Waals surface area contributed by atoms with Crippen molar-refractivity contribution in [1.82, 2.24) is 15.0 Å². The standard InChI is InChI=1S/C12H12ClN3O2/c13-10-5-3-9(4-6-10)11-8-14-15-16(11)7-1-2-12(17)18/h3-6,8H,1-2,7H2,(H,17,18). The van der Waals surface area contributed by atoms with Gasteiger partial charge in [0.05, 0.1) is 11.9 Å². The Kier molecular flexibility index (Phi) is 3.94. The number of hydrogen-bond acceptors (Lipinski definition) is 3. The first kappa shape index (κ1) is 12.6. The first-order valence-electron chi connectivity index (χ1n) is 5.53. The van der Waals surface area contributed by atoms with Crippen molar-refractivity contribution in [2.75, 3.05) is 0 Å². The minimum atomic E-state index is -0.803. The maximum atomic E-state index is 10.5. The van der Waals surface area contributed by atoms with Gasteiger partial charge >= 0.3 is 5.97 Å². The van der Waals surface area contributed by atoms with E-state index in [4.69, 9.17) is 16.7 Å². The van der Waals surface area contributed by atoms with Crippen LogP contribution in [0.4, 0.5) is 0 Å². The Morgan fingerprint density at radius 2 is 2.06 bits per heavy atom. The highest BCUT2D eigenvalue weighted by Crippen LogP contribution is 2.20. The molecule has 0 fully saturated rings. The summed E-state index contributed by atoms with van der Waals surface area (Å²) in [6, 6.07) is 7.36. The lowest BCUT2D eigenvalue weighted by Gasteiger charge is -2.05. The summed E-state index contributed by atoms with van der Waals surface area (Å²) < 4.78 is 1.70. The van der Waals surface area contributed by atoms with Gasteiger partial charge in [0.2, 0.25) is 0 Å². The predicted molar refractivity (Wildman–Crippen MR) is 67.3 cm³/mol. The van der Waals surface area contributed by atoms with Crippen molar-refractivity contribution >= 4 is 17.6 Å². The minimum Gasteiger partial charge on any atom is -0.481 e. The average Bonchev–Trinajstić information content (AvgIpc) is 2.78. The topological polar surface area (TPSA) is 68.0 Å². The maximum Gasteiger partial charge on any atom is 0.303 e. The Labute approximate surface area is 109 Å². The van der Waals surface area contributed by atoms with Gasteiger partial charge < -0.3 is 5.11 Å². The van der Waals surface area contributed by atoms with Crippen molar-refractivity contribution in [3.8, 4) is 11.3 Å². The fraction of sp³-hybridized carbons (Fsp3) is 0.250. The van der Waals surface area contributed by atoms with Crippen molar-refractivity contribution < 1.29 is 9.90 Å². The molecule has 1 heterocycles. The number of hydrogen-bond donors (Lipinski definition) is 1. The fourth-order valence-corrected chi connectivity index (χ4v) is 1.77. The van der Waals surface area contributed by atoms with E-state index in [1.807, 2.05) is 12.1 Å². The van der Waals surface area contributed by atoms with E-state index in [-0.39, 0.29) is 6.42 Å². The molecule has 1 aromatic carbocycles. The summed E-state index contributed by atoms with van der Waals surface area (Å²) in [5.74, 6) is -0.803. The van der Waals surface area contributed by atoms with Crippen LogP contribution in [0.25, 0.3) is 11.3 Å². The highest BCUT2D eigenvalue weighted by molar-refractivity contribution is 6.30. The number of carboxylic acid groups (broad SMARTS) is 1. The number of aryl methyl sites for hydroxylation is 1. The lowest BCUT2D eigenvalue weighted by molar-refractivity contribution is -0.137. The normalized spacial score (nSPS) is 10.5. The molecule has 0 bridgehead atoms. The molecule has 0 spiro atoms. The molecule has 1 aromatic heterocycles. The molecule has 0 unspecified atom stereocenters. The Morgan fingerprint density at radius 1 is 1.33 bits per heavy atom. The smallest absolute Gasteiger partial charge is 0.303 e. The summed E-state index contributed by atoms with van der Waals surface area (Å²) >= 11 is 5.83. The predicted octanol–water partition coefficient (Wildman–Crippen LogP) is 2.46. The Bertz CT molecular complexity index is 537. The molecule has 0 radical (unpaired) electrons. The van der Waals surface area contributed by atoms with E-state index in [2.05, 4.69) is 10.3 Å². The second-order valence-corrected chi connectivity index (χ2v) is 4.28. The van der Waals surface area contributed by atoms with Gasteiger partial charge in [-0.15, -0.1) is 5.10 Å². The first-order chi connectivity index (χ1) is 8.66. The van der Waals surface area contributed by atoms with E-state index in [0.29, 0.717) is 18.0 Å². The van der Waals surface area contributed by atoms with Crippen molar-refractivity contribution in [3.05, 3.63) is 35.5 Å². The quantitative estimate of drug-likeness (QED) is 0.902. The number of halogens is 1. The number of aliphatic carboxylic acids is 1. The summed E-state index contributed by atoms with van der Waals surface area (Å²) in [4.78, 5) is 10.5. The highest BCUT2D eigenvalue weighted by Gasteiger charge is 2.07. The Morgan fingerprint density at radius 3 is 2.72 bits per heavy atom. The van der Waals surface area contributed by atoms with E-state index >= 15 is 0 Å². The van der Waals surface area contributed by atoms with Crippen LogP contribution in [0.15, 0.2) is 30.5 Å². The zero-order valence-corrected chi connectivity index (χ0v) is 10.3. The molecule has 0 saturated heterocycles. The van der Waals surface area contributed by atoms with Gasteiger partial charge in [0, 0.05) is 23.6 Å². The second kappa shape index (κ2) is 5.64. The zero-order valence-electron chi connectivity index (χ0n) is 9.58. The van der Waals surface area contributed by atoms with Crippen LogP contribution in [0.3, 0.4) is 0 Å². The number of aromatic nitrogens is 3. The van der Waals surface area contributed by atoms with Crippen LogP contribution in [0.5, 0.6) is 0 Å². The van der Waals surface area contributed by atoms with Gasteiger partial charge in [0.1, 0.15) is 0 Å². The van der Waals surface area contributed by atoms with Crippen molar-refractivity contribution in [3.63, 3.8) is 0 Å². The number of rotatable bonds is 5. The monoisotopic (exact) mass is 265 g/mol. The molecule has 5 nitrogen and oxygen atoms in total. The number of carbonyl (C=O) groups is 1. The zero-order chi connectivity index (χ0) is 13.0.